The smallest absolute Gasteiger partial charge is 0.268 e. The Bertz CT molecular complexity index is 1200. The molecule has 0 spiro atoms. The van der Waals surface area contributed by atoms with E-state index in [0.717, 1.165) is 37.2 Å². The standard InChI is InChI=1S/C27H28N4O5.CH4/c1-19(32)25(27(35)30-36)29-26(34)22-12-8-20(9-13-22)6-2-3-7-21-10-14-23(15-11-21)28-24(33)18-31-16-4-5-17-31;/h8-15,19,25,32,36H,4-5,16-18H2,1H3,(H,28,33)(H,29,34)(H,30,35);1H4/t19-,25+;/m1./s1. The van der Waals surface area contributed by atoms with Crippen LogP contribution in [-0.2, 0) is 9.59 Å². The van der Waals surface area contributed by atoms with Crippen molar-refractivity contribution in [3.05, 3.63) is 65.2 Å². The number of hydrogen-bond donors (Lipinski definition) is 5. The van der Waals surface area contributed by atoms with Gasteiger partial charge in [0.05, 0.1) is 12.6 Å². The zero-order chi connectivity index (χ0) is 25.9. The van der Waals surface area contributed by atoms with Crippen molar-refractivity contribution in [3.63, 3.8) is 0 Å². The molecule has 9 nitrogen and oxygen atoms in total. The van der Waals surface area contributed by atoms with Crippen molar-refractivity contribution in [1.82, 2.24) is 15.7 Å². The summed E-state index contributed by atoms with van der Waals surface area (Å²) in [5, 5.41) is 23.6. The zero-order valence-corrected chi connectivity index (χ0v) is 19.9. The van der Waals surface area contributed by atoms with E-state index in [1.165, 1.54) is 24.5 Å². The van der Waals surface area contributed by atoms with E-state index in [4.69, 9.17) is 5.21 Å². The third-order valence-corrected chi connectivity index (χ3v) is 5.52. The number of nitrogens with one attached hydrogen (secondary N) is 3. The summed E-state index contributed by atoms with van der Waals surface area (Å²) in [5.41, 5.74) is 3.78. The Morgan fingerprint density at radius 1 is 0.946 bits per heavy atom. The Morgan fingerprint density at radius 2 is 1.49 bits per heavy atom. The van der Waals surface area contributed by atoms with Crippen LogP contribution in [0.4, 0.5) is 5.69 Å². The van der Waals surface area contributed by atoms with Crippen LogP contribution in [0.25, 0.3) is 0 Å². The molecule has 3 rings (SSSR count). The maximum atomic E-state index is 12.3. The SMILES string of the molecule is C.C[C@@H](O)[C@H](NC(=O)c1ccc(C#CC#Cc2ccc(NC(=O)CN3CCCC3)cc2)cc1)C(=O)NO. The molecular formula is C28H32N4O5. The summed E-state index contributed by atoms with van der Waals surface area (Å²) in [5.74, 6) is 9.83. The van der Waals surface area contributed by atoms with Crippen molar-refractivity contribution >= 4 is 23.4 Å². The first-order valence-electron chi connectivity index (χ1n) is 11.5. The molecule has 0 unspecified atom stereocenters. The fourth-order valence-corrected chi connectivity index (χ4v) is 3.59. The van der Waals surface area contributed by atoms with E-state index >= 15 is 0 Å². The number of carbonyl (C=O) groups excluding carboxylic acids is 3. The zero-order valence-electron chi connectivity index (χ0n) is 19.9. The van der Waals surface area contributed by atoms with Gasteiger partial charge in [-0.05, 0) is 93.2 Å². The highest BCUT2D eigenvalue weighted by atomic mass is 16.5. The van der Waals surface area contributed by atoms with Crippen LogP contribution in [0.2, 0.25) is 0 Å². The first-order chi connectivity index (χ1) is 17.4. The van der Waals surface area contributed by atoms with Gasteiger partial charge in [-0.2, -0.15) is 0 Å². The highest BCUT2D eigenvalue weighted by Gasteiger charge is 2.25. The Morgan fingerprint density at radius 3 is 2.00 bits per heavy atom. The van der Waals surface area contributed by atoms with Crippen LogP contribution < -0.4 is 16.1 Å². The van der Waals surface area contributed by atoms with Gasteiger partial charge in [-0.3, -0.25) is 24.5 Å². The summed E-state index contributed by atoms with van der Waals surface area (Å²) in [6.07, 6.45) is 1.09. The quantitative estimate of drug-likeness (QED) is 0.222. The van der Waals surface area contributed by atoms with Crippen LogP contribution in [0.1, 0.15) is 48.7 Å². The van der Waals surface area contributed by atoms with E-state index in [2.05, 4.69) is 39.2 Å². The highest BCUT2D eigenvalue weighted by molar-refractivity contribution is 5.97. The number of hydrogen-bond acceptors (Lipinski definition) is 6. The van der Waals surface area contributed by atoms with Crippen molar-refractivity contribution in [2.24, 2.45) is 0 Å². The van der Waals surface area contributed by atoms with Crippen molar-refractivity contribution in [3.8, 4) is 23.7 Å². The number of likely N-dealkylation sites (tertiary alicyclic amines) is 1. The monoisotopic (exact) mass is 504 g/mol. The lowest BCUT2D eigenvalue weighted by molar-refractivity contribution is -0.133. The molecule has 1 fully saturated rings. The normalized spacial score (nSPS) is 13.9. The van der Waals surface area contributed by atoms with E-state index in [0.29, 0.717) is 12.1 Å². The molecule has 2 atom stereocenters. The lowest BCUT2D eigenvalue weighted by atomic mass is 10.1. The molecule has 37 heavy (non-hydrogen) atoms. The van der Waals surface area contributed by atoms with Gasteiger partial charge in [0.15, 0.2) is 0 Å². The maximum Gasteiger partial charge on any atom is 0.268 e. The lowest BCUT2D eigenvalue weighted by Gasteiger charge is -2.19. The van der Waals surface area contributed by atoms with Gasteiger partial charge in [0, 0.05) is 22.4 Å². The number of hydroxylamine groups is 1. The molecule has 0 bridgehead atoms. The molecule has 0 aliphatic carbocycles. The van der Waals surface area contributed by atoms with Crippen LogP contribution >= 0.6 is 0 Å². The Balaban J connectivity index is 0.00000481. The highest BCUT2D eigenvalue weighted by Crippen LogP contribution is 2.11. The number of nitrogens with zero attached hydrogens (tertiary/aromatic N) is 1. The Labute approximate surface area is 217 Å². The van der Waals surface area contributed by atoms with E-state index in [1.807, 2.05) is 12.1 Å². The minimum atomic E-state index is -1.29. The van der Waals surface area contributed by atoms with Gasteiger partial charge in [-0.1, -0.05) is 19.3 Å². The summed E-state index contributed by atoms with van der Waals surface area (Å²) >= 11 is 0. The van der Waals surface area contributed by atoms with E-state index < -0.39 is 24.0 Å². The average Bonchev–Trinajstić information content (AvgIpc) is 3.38. The second-order valence-corrected chi connectivity index (χ2v) is 8.35. The molecule has 2 aromatic rings. The number of anilines is 1. The second kappa shape index (κ2) is 14.4. The molecule has 194 valence electrons. The molecule has 9 heteroatoms. The first kappa shape index (κ1) is 29.1. The van der Waals surface area contributed by atoms with E-state index in [-0.39, 0.29) is 18.9 Å². The molecule has 2 aromatic carbocycles. The maximum absolute atomic E-state index is 12.3. The minimum Gasteiger partial charge on any atom is -0.391 e. The fraction of sp³-hybridized carbons (Fsp3) is 0.321. The number of rotatable bonds is 7. The summed E-state index contributed by atoms with van der Waals surface area (Å²) < 4.78 is 0. The second-order valence-electron chi connectivity index (χ2n) is 8.35. The summed E-state index contributed by atoms with van der Waals surface area (Å²) in [6, 6.07) is 12.2. The average molecular weight is 505 g/mol. The first-order valence-corrected chi connectivity index (χ1v) is 11.5. The number of aliphatic hydroxyl groups excluding tert-OH is 1. The predicted octanol–water partition coefficient (Wildman–Crippen LogP) is 1.74. The summed E-state index contributed by atoms with van der Waals surface area (Å²) in [7, 11) is 0. The van der Waals surface area contributed by atoms with Gasteiger partial charge in [0.25, 0.3) is 11.8 Å². The van der Waals surface area contributed by atoms with Gasteiger partial charge in [0.2, 0.25) is 5.91 Å². The topological polar surface area (TPSA) is 131 Å². The van der Waals surface area contributed by atoms with Gasteiger partial charge in [-0.15, -0.1) is 0 Å². The molecule has 0 aromatic heterocycles. The minimum absolute atomic E-state index is 0. The van der Waals surface area contributed by atoms with Crippen LogP contribution in [0.3, 0.4) is 0 Å². The molecule has 0 saturated carbocycles. The number of benzene rings is 2. The van der Waals surface area contributed by atoms with E-state index in [1.54, 1.807) is 24.3 Å². The van der Waals surface area contributed by atoms with Crippen molar-refractivity contribution in [2.45, 2.75) is 39.3 Å². The molecule has 1 saturated heterocycles. The van der Waals surface area contributed by atoms with Crippen LogP contribution in [0.5, 0.6) is 0 Å². The van der Waals surface area contributed by atoms with Gasteiger partial charge >= 0.3 is 0 Å². The summed E-state index contributed by atoms with van der Waals surface area (Å²) in [6.45, 7) is 3.67. The Kier molecular flexibility index (Phi) is 11.3. The number of carbonyl (C=O) groups is 3. The molecular weight excluding hydrogens is 472 g/mol. The van der Waals surface area contributed by atoms with Gasteiger partial charge in [-0.25, -0.2) is 5.48 Å². The van der Waals surface area contributed by atoms with Crippen LogP contribution in [0.15, 0.2) is 48.5 Å². The predicted molar refractivity (Wildman–Crippen MR) is 141 cm³/mol. The fourth-order valence-electron chi connectivity index (χ4n) is 3.59. The number of aliphatic hydroxyl groups is 1. The molecule has 5 N–H and O–H groups in total. The van der Waals surface area contributed by atoms with Crippen molar-refractivity contribution in [1.29, 1.82) is 0 Å². The van der Waals surface area contributed by atoms with Crippen LogP contribution in [-0.4, -0.2) is 64.7 Å². The molecule has 1 aliphatic rings. The van der Waals surface area contributed by atoms with Crippen molar-refractivity contribution in [2.75, 3.05) is 25.0 Å². The molecule has 1 heterocycles. The Hall–Kier alpha value is -4.15. The van der Waals surface area contributed by atoms with Gasteiger partial charge in [0.1, 0.15) is 6.04 Å². The molecule has 1 aliphatic heterocycles. The summed E-state index contributed by atoms with van der Waals surface area (Å²) in [4.78, 5) is 38.1. The third-order valence-electron chi connectivity index (χ3n) is 5.52. The third kappa shape index (κ3) is 9.10. The van der Waals surface area contributed by atoms with E-state index in [9.17, 15) is 19.5 Å². The number of amides is 3. The molecule has 3 amide bonds. The molecule has 0 radical (unpaired) electrons. The van der Waals surface area contributed by atoms with Crippen molar-refractivity contribution < 1.29 is 24.7 Å². The van der Waals surface area contributed by atoms with Gasteiger partial charge < -0.3 is 15.7 Å². The lowest BCUT2D eigenvalue weighted by Crippen LogP contribution is -2.51. The largest absolute Gasteiger partial charge is 0.391 e. The van der Waals surface area contributed by atoms with Crippen LogP contribution in [0, 0.1) is 23.7 Å².